The van der Waals surface area contributed by atoms with Crippen molar-refractivity contribution < 1.29 is 9.53 Å². The summed E-state index contributed by atoms with van der Waals surface area (Å²) in [5.41, 5.74) is 10.7. The van der Waals surface area contributed by atoms with Crippen LogP contribution in [0.15, 0.2) is 36.5 Å². The summed E-state index contributed by atoms with van der Waals surface area (Å²) in [6.45, 7) is 4.49. The quantitative estimate of drug-likeness (QED) is 0.494. The van der Waals surface area contributed by atoms with Gasteiger partial charge in [-0.05, 0) is 44.2 Å². The first-order chi connectivity index (χ1) is 14.4. The van der Waals surface area contributed by atoms with E-state index >= 15 is 0 Å². The number of nitrogens with one attached hydrogen (secondary N) is 1. The summed E-state index contributed by atoms with van der Waals surface area (Å²) >= 11 is 0. The Balaban J connectivity index is 1.71. The molecule has 3 N–H and O–H groups in total. The molecule has 0 spiro atoms. The van der Waals surface area contributed by atoms with Crippen LogP contribution in [0, 0.1) is 6.92 Å². The Morgan fingerprint density at radius 1 is 1.23 bits per heavy atom. The fraction of sp³-hybridized carbons (Fsp3) is 0.238. The van der Waals surface area contributed by atoms with Gasteiger partial charge in [0.2, 0.25) is 11.8 Å². The van der Waals surface area contributed by atoms with Crippen molar-refractivity contribution in [3.63, 3.8) is 0 Å². The van der Waals surface area contributed by atoms with Crippen molar-refractivity contribution in [1.82, 2.24) is 24.3 Å². The van der Waals surface area contributed by atoms with Crippen molar-refractivity contribution in [2.24, 2.45) is 7.05 Å². The van der Waals surface area contributed by atoms with Crippen molar-refractivity contribution in [2.45, 2.75) is 20.4 Å². The smallest absolute Gasteiger partial charge is 0.258 e. The summed E-state index contributed by atoms with van der Waals surface area (Å²) in [6, 6.07) is 8.97. The van der Waals surface area contributed by atoms with Crippen molar-refractivity contribution in [1.29, 1.82) is 0 Å². The maximum Gasteiger partial charge on any atom is 0.258 e. The molecule has 154 valence electrons. The number of methoxy groups -OCH3 is 1. The Labute approximate surface area is 173 Å². The van der Waals surface area contributed by atoms with E-state index in [4.69, 9.17) is 10.5 Å². The van der Waals surface area contributed by atoms with Gasteiger partial charge in [-0.15, -0.1) is 0 Å². The summed E-state index contributed by atoms with van der Waals surface area (Å²) in [5.74, 6) is 0.769. The van der Waals surface area contributed by atoms with Crippen LogP contribution in [0.2, 0.25) is 0 Å². The molecule has 0 saturated carbocycles. The first kappa shape index (κ1) is 19.4. The fourth-order valence-corrected chi connectivity index (χ4v) is 3.52. The van der Waals surface area contributed by atoms with E-state index in [1.54, 1.807) is 43.2 Å². The number of nitrogen functional groups attached to an aromatic ring is 1. The number of carbonyl (C=O) groups excluding carboxylic acids is 1. The van der Waals surface area contributed by atoms with Gasteiger partial charge in [0.15, 0.2) is 0 Å². The highest BCUT2D eigenvalue weighted by atomic mass is 16.5. The van der Waals surface area contributed by atoms with Crippen LogP contribution >= 0.6 is 0 Å². The number of benzene rings is 1. The number of anilines is 2. The molecule has 4 rings (SSSR count). The third-order valence-electron chi connectivity index (χ3n) is 4.88. The van der Waals surface area contributed by atoms with E-state index in [0.29, 0.717) is 46.6 Å². The standard InChI is InChI=1S/C21H23N7O2/c1-5-28-18-7-6-14(22)10-17(18)25-21(28)26-19(29)13-8-12(2)24-16(9-13)15-11-23-27(3)20(15)30-4/h6-11H,5,22H2,1-4H3,(H,25,26,29). The summed E-state index contributed by atoms with van der Waals surface area (Å²) in [5, 5.41) is 7.14. The molecule has 30 heavy (non-hydrogen) atoms. The highest BCUT2D eigenvalue weighted by molar-refractivity contribution is 6.04. The lowest BCUT2D eigenvalue weighted by atomic mass is 10.1. The Hall–Kier alpha value is -3.88. The normalized spacial score (nSPS) is 11.1. The van der Waals surface area contributed by atoms with Crippen molar-refractivity contribution in [2.75, 3.05) is 18.2 Å². The van der Waals surface area contributed by atoms with Crippen LogP contribution in [0.5, 0.6) is 5.88 Å². The highest BCUT2D eigenvalue weighted by Crippen LogP contribution is 2.29. The maximum atomic E-state index is 13.1. The van der Waals surface area contributed by atoms with E-state index in [-0.39, 0.29) is 5.91 Å². The van der Waals surface area contributed by atoms with Crippen molar-refractivity contribution in [3.05, 3.63) is 47.8 Å². The lowest BCUT2D eigenvalue weighted by Gasteiger charge is -2.10. The molecule has 3 aromatic heterocycles. The van der Waals surface area contributed by atoms with Gasteiger partial charge in [0.1, 0.15) is 0 Å². The molecule has 4 aromatic rings. The zero-order chi connectivity index (χ0) is 21.4. The molecule has 0 atom stereocenters. The Bertz CT molecular complexity index is 1260. The number of nitrogens with zero attached hydrogens (tertiary/aromatic N) is 5. The molecule has 0 aliphatic rings. The summed E-state index contributed by atoms with van der Waals surface area (Å²) in [6.07, 6.45) is 1.67. The maximum absolute atomic E-state index is 13.1. The molecule has 0 unspecified atom stereocenters. The van der Waals surface area contributed by atoms with Crippen LogP contribution < -0.4 is 15.8 Å². The number of amides is 1. The molecule has 9 heteroatoms. The van der Waals surface area contributed by atoms with Crippen LogP contribution in [0.4, 0.5) is 11.6 Å². The van der Waals surface area contributed by atoms with Gasteiger partial charge in [-0.25, -0.2) is 9.67 Å². The number of aromatic nitrogens is 5. The zero-order valence-electron chi connectivity index (χ0n) is 17.3. The average Bonchev–Trinajstić information content (AvgIpc) is 3.26. The number of hydrogen-bond acceptors (Lipinski definition) is 6. The molecule has 0 fully saturated rings. The van der Waals surface area contributed by atoms with Crippen LogP contribution in [0.25, 0.3) is 22.3 Å². The number of aryl methyl sites for hydroxylation is 3. The minimum Gasteiger partial charge on any atom is -0.481 e. The van der Waals surface area contributed by atoms with E-state index in [1.807, 2.05) is 30.5 Å². The number of ether oxygens (including phenoxy) is 1. The number of rotatable bonds is 5. The number of fused-ring (bicyclic) bond motifs is 1. The van der Waals surface area contributed by atoms with Crippen LogP contribution in [0.1, 0.15) is 23.0 Å². The summed E-state index contributed by atoms with van der Waals surface area (Å²) in [4.78, 5) is 22.1. The van der Waals surface area contributed by atoms with E-state index < -0.39 is 0 Å². The molecular weight excluding hydrogens is 382 g/mol. The van der Waals surface area contributed by atoms with Crippen LogP contribution in [-0.2, 0) is 13.6 Å². The second-order valence-electron chi connectivity index (χ2n) is 6.96. The third kappa shape index (κ3) is 3.34. The predicted molar refractivity (Wildman–Crippen MR) is 116 cm³/mol. The largest absolute Gasteiger partial charge is 0.481 e. The predicted octanol–water partition coefficient (Wildman–Crippen LogP) is 3.00. The minimum atomic E-state index is -0.275. The molecule has 0 radical (unpaired) electrons. The van der Waals surface area contributed by atoms with Gasteiger partial charge in [0.05, 0.1) is 35.6 Å². The number of imidazole rings is 1. The van der Waals surface area contributed by atoms with Gasteiger partial charge in [0.25, 0.3) is 5.91 Å². The van der Waals surface area contributed by atoms with E-state index in [1.165, 1.54) is 0 Å². The fourth-order valence-electron chi connectivity index (χ4n) is 3.52. The summed E-state index contributed by atoms with van der Waals surface area (Å²) < 4.78 is 8.97. The number of pyridine rings is 1. The second kappa shape index (κ2) is 7.51. The number of nitrogens with two attached hydrogens (primary N) is 1. The number of carbonyl (C=O) groups is 1. The third-order valence-corrected chi connectivity index (χ3v) is 4.88. The van der Waals surface area contributed by atoms with E-state index in [2.05, 4.69) is 20.4 Å². The molecule has 0 saturated heterocycles. The van der Waals surface area contributed by atoms with Gasteiger partial charge < -0.3 is 15.0 Å². The first-order valence-corrected chi connectivity index (χ1v) is 9.53. The molecule has 1 aromatic carbocycles. The second-order valence-corrected chi connectivity index (χ2v) is 6.96. The SMILES string of the molecule is CCn1c(NC(=O)c2cc(C)nc(-c3cnn(C)c3OC)c2)nc2cc(N)ccc21. The molecule has 0 aliphatic heterocycles. The molecule has 0 aliphatic carbocycles. The van der Waals surface area contributed by atoms with Crippen molar-refractivity contribution in [3.8, 4) is 17.1 Å². The number of hydrogen-bond donors (Lipinski definition) is 2. The topological polar surface area (TPSA) is 113 Å². The van der Waals surface area contributed by atoms with Crippen LogP contribution in [0.3, 0.4) is 0 Å². The van der Waals surface area contributed by atoms with Gasteiger partial charge >= 0.3 is 0 Å². The Kier molecular flexibility index (Phi) is 4.86. The van der Waals surface area contributed by atoms with Gasteiger partial charge in [-0.1, -0.05) is 0 Å². The Morgan fingerprint density at radius 2 is 2.03 bits per heavy atom. The minimum absolute atomic E-state index is 0.275. The highest BCUT2D eigenvalue weighted by Gasteiger charge is 2.18. The molecule has 1 amide bonds. The van der Waals surface area contributed by atoms with Crippen molar-refractivity contribution >= 4 is 28.6 Å². The van der Waals surface area contributed by atoms with E-state index in [0.717, 1.165) is 11.0 Å². The van der Waals surface area contributed by atoms with Crippen LogP contribution in [-0.4, -0.2) is 37.3 Å². The zero-order valence-corrected chi connectivity index (χ0v) is 17.3. The van der Waals surface area contributed by atoms with Gasteiger partial charge in [0, 0.05) is 30.5 Å². The monoisotopic (exact) mass is 405 g/mol. The molecular formula is C21H23N7O2. The molecule has 0 bridgehead atoms. The molecule has 3 heterocycles. The Morgan fingerprint density at radius 3 is 2.77 bits per heavy atom. The van der Waals surface area contributed by atoms with Gasteiger partial charge in [-0.3, -0.25) is 15.1 Å². The van der Waals surface area contributed by atoms with Gasteiger partial charge in [-0.2, -0.15) is 5.10 Å². The summed E-state index contributed by atoms with van der Waals surface area (Å²) in [7, 11) is 3.36. The first-order valence-electron chi connectivity index (χ1n) is 9.53. The average molecular weight is 405 g/mol. The molecule has 9 nitrogen and oxygen atoms in total. The lowest BCUT2D eigenvalue weighted by Crippen LogP contribution is -2.16. The van der Waals surface area contributed by atoms with E-state index in [9.17, 15) is 4.79 Å². The lowest BCUT2D eigenvalue weighted by molar-refractivity contribution is 0.102.